The van der Waals surface area contributed by atoms with E-state index >= 15 is 0 Å². The second-order valence-corrected chi connectivity index (χ2v) is 13.1. The Morgan fingerprint density at radius 3 is 2.62 bits per heavy atom. The maximum atomic E-state index is 14.5. The minimum absolute atomic E-state index is 0.0271. The van der Waals surface area contributed by atoms with E-state index in [0.29, 0.717) is 49.2 Å². The van der Waals surface area contributed by atoms with E-state index in [2.05, 4.69) is 0 Å². The zero-order valence-electron chi connectivity index (χ0n) is 27.8. The summed E-state index contributed by atoms with van der Waals surface area (Å²) in [6.07, 6.45) is 10.4. The summed E-state index contributed by atoms with van der Waals surface area (Å²) >= 11 is 0. The van der Waals surface area contributed by atoms with Crippen molar-refractivity contribution in [3.8, 4) is 17.4 Å². The number of carbonyl (C=O) groups excluding carboxylic acids is 3. The summed E-state index contributed by atoms with van der Waals surface area (Å²) in [5.74, 6) is 0.470. The molecular weight excluding hydrogens is 602 g/mol. The zero-order valence-corrected chi connectivity index (χ0v) is 27.8. The van der Waals surface area contributed by atoms with Crippen molar-refractivity contribution in [2.75, 3.05) is 47.1 Å². The standard InChI is InChI=1S/C36H47N3O8/c1-4-45-33-20-32-28-16-24(31(43-2)19-29(28)37-33)12-9-15-46-25-13-8-14-38(21-25)34(40)18-27(23-10-6-5-7-11-23)35(41)39-22-26(47-32)17-30(39)36(42)44-3/h9,12,16,19-20,23,25-27,30H,4-8,10-11,13-15,17-18,21-22H2,1-3H3/b12-9+/t25-,26+,27-,30-/m0/s1. The number of ether oxygens (including phenoxy) is 5. The van der Waals surface area contributed by atoms with Gasteiger partial charge < -0.3 is 33.5 Å². The SMILES string of the molecule is CCOc1cc2c3cc(c(OC)cc3n1)/C=C/CO[C@H]1CCCN(C1)C(=O)C[C@@H](C1CCCCC1)C(=O)N1C[C@@H](C[C@H]1C(=O)OC)O2. The van der Waals surface area contributed by atoms with Crippen molar-refractivity contribution in [1.82, 2.24) is 14.8 Å². The summed E-state index contributed by atoms with van der Waals surface area (Å²) in [6.45, 7) is 4.04. The first-order chi connectivity index (χ1) is 22.9. The second-order valence-electron chi connectivity index (χ2n) is 13.1. The molecule has 6 bridgehead atoms. The highest BCUT2D eigenvalue weighted by Crippen LogP contribution is 2.38. The predicted molar refractivity (Wildman–Crippen MR) is 175 cm³/mol. The molecule has 0 radical (unpaired) electrons. The number of amides is 2. The van der Waals surface area contributed by atoms with Crippen LogP contribution in [0.2, 0.25) is 0 Å². The van der Waals surface area contributed by atoms with Gasteiger partial charge in [-0.15, -0.1) is 0 Å². The van der Waals surface area contributed by atoms with Gasteiger partial charge in [0.25, 0.3) is 0 Å². The number of hydrogen-bond acceptors (Lipinski definition) is 9. The highest BCUT2D eigenvalue weighted by Gasteiger charge is 2.46. The van der Waals surface area contributed by atoms with Gasteiger partial charge in [-0.05, 0) is 44.6 Å². The van der Waals surface area contributed by atoms with E-state index in [1.54, 1.807) is 18.1 Å². The molecule has 254 valence electrons. The lowest BCUT2D eigenvalue weighted by molar-refractivity contribution is -0.154. The number of methoxy groups -OCH3 is 2. The molecule has 1 saturated carbocycles. The number of rotatable bonds is 5. The average Bonchev–Trinajstić information content (AvgIpc) is 3.52. The Hall–Kier alpha value is -3.86. The van der Waals surface area contributed by atoms with Crippen molar-refractivity contribution >= 4 is 34.8 Å². The van der Waals surface area contributed by atoms with Gasteiger partial charge >= 0.3 is 5.97 Å². The molecule has 2 aromatic rings. The van der Waals surface area contributed by atoms with Gasteiger partial charge in [-0.1, -0.05) is 31.4 Å². The first-order valence-electron chi connectivity index (χ1n) is 17.1. The number of esters is 1. The van der Waals surface area contributed by atoms with Gasteiger partial charge in [0.15, 0.2) is 0 Å². The third-order valence-electron chi connectivity index (χ3n) is 10.1. The quantitative estimate of drug-likeness (QED) is 0.422. The molecule has 1 aromatic heterocycles. The van der Waals surface area contributed by atoms with Gasteiger partial charge in [-0.3, -0.25) is 9.59 Å². The van der Waals surface area contributed by atoms with Crippen LogP contribution in [0.25, 0.3) is 17.0 Å². The van der Waals surface area contributed by atoms with Gasteiger partial charge in [0.1, 0.15) is 23.6 Å². The number of fused-ring (bicyclic) bond motifs is 5. The number of piperidine rings is 1. The number of pyridine rings is 1. The molecule has 11 heteroatoms. The van der Waals surface area contributed by atoms with Gasteiger partial charge in [0.05, 0.1) is 45.6 Å². The average molecular weight is 650 g/mol. The lowest BCUT2D eigenvalue weighted by Crippen LogP contribution is -2.49. The lowest BCUT2D eigenvalue weighted by Gasteiger charge is -2.36. The van der Waals surface area contributed by atoms with Gasteiger partial charge in [0, 0.05) is 54.9 Å². The van der Waals surface area contributed by atoms with Crippen molar-refractivity contribution in [2.24, 2.45) is 11.8 Å². The maximum Gasteiger partial charge on any atom is 0.328 e. The fourth-order valence-electron chi connectivity index (χ4n) is 7.70. The fourth-order valence-corrected chi connectivity index (χ4v) is 7.70. The minimum atomic E-state index is -0.810. The Kier molecular flexibility index (Phi) is 10.5. The molecular formula is C36H47N3O8. The summed E-state index contributed by atoms with van der Waals surface area (Å²) < 4.78 is 29.6. The van der Waals surface area contributed by atoms with Crippen LogP contribution < -0.4 is 14.2 Å². The molecule has 3 fully saturated rings. The lowest BCUT2D eigenvalue weighted by atomic mass is 9.77. The van der Waals surface area contributed by atoms with Crippen molar-refractivity contribution in [1.29, 1.82) is 0 Å². The zero-order chi connectivity index (χ0) is 32.9. The van der Waals surface area contributed by atoms with E-state index in [9.17, 15) is 14.4 Å². The Morgan fingerprint density at radius 1 is 1.02 bits per heavy atom. The summed E-state index contributed by atoms with van der Waals surface area (Å²) in [7, 11) is 2.96. The summed E-state index contributed by atoms with van der Waals surface area (Å²) in [4.78, 5) is 49.7. The first kappa shape index (κ1) is 33.1. The Morgan fingerprint density at radius 2 is 1.85 bits per heavy atom. The van der Waals surface area contributed by atoms with E-state index < -0.39 is 24.0 Å². The fraction of sp³-hybridized carbons (Fsp3) is 0.611. The number of hydrogen-bond donors (Lipinski definition) is 0. The second kappa shape index (κ2) is 14.9. The Bertz CT molecular complexity index is 1490. The molecule has 4 atom stereocenters. The van der Waals surface area contributed by atoms with Crippen LogP contribution in [0.15, 0.2) is 24.3 Å². The number of benzene rings is 1. The van der Waals surface area contributed by atoms with Crippen LogP contribution in [0.3, 0.4) is 0 Å². The van der Waals surface area contributed by atoms with E-state index in [-0.39, 0.29) is 43.2 Å². The van der Waals surface area contributed by atoms with Crippen molar-refractivity contribution in [2.45, 2.75) is 83.0 Å². The maximum absolute atomic E-state index is 14.5. The molecule has 2 amide bonds. The van der Waals surface area contributed by atoms with Gasteiger partial charge in [-0.25, -0.2) is 9.78 Å². The highest BCUT2D eigenvalue weighted by atomic mass is 16.5. The van der Waals surface area contributed by atoms with Gasteiger partial charge in [-0.2, -0.15) is 0 Å². The molecule has 1 aliphatic carbocycles. The monoisotopic (exact) mass is 649 g/mol. The number of nitrogens with zero attached hydrogens (tertiary/aromatic N) is 3. The molecule has 4 aliphatic rings. The van der Waals surface area contributed by atoms with Crippen molar-refractivity contribution in [3.63, 3.8) is 0 Å². The van der Waals surface area contributed by atoms with Crippen LogP contribution in [-0.2, 0) is 23.9 Å². The van der Waals surface area contributed by atoms with E-state index in [1.165, 1.54) is 7.11 Å². The number of carbonyl (C=O) groups is 3. The third-order valence-corrected chi connectivity index (χ3v) is 10.1. The highest BCUT2D eigenvalue weighted by molar-refractivity contribution is 5.91. The minimum Gasteiger partial charge on any atom is -0.496 e. The van der Waals surface area contributed by atoms with E-state index in [0.717, 1.165) is 55.9 Å². The molecule has 11 nitrogen and oxygen atoms in total. The predicted octanol–water partition coefficient (Wildman–Crippen LogP) is 4.78. The van der Waals surface area contributed by atoms with Crippen LogP contribution in [0.5, 0.6) is 17.4 Å². The van der Waals surface area contributed by atoms with E-state index in [4.69, 9.17) is 28.7 Å². The third kappa shape index (κ3) is 7.35. The Labute approximate surface area is 276 Å². The van der Waals surface area contributed by atoms with Crippen LogP contribution in [0.4, 0.5) is 0 Å². The molecule has 0 spiro atoms. The molecule has 4 heterocycles. The largest absolute Gasteiger partial charge is 0.496 e. The van der Waals surface area contributed by atoms with Gasteiger partial charge in [0.2, 0.25) is 17.7 Å². The topological polar surface area (TPSA) is 117 Å². The van der Waals surface area contributed by atoms with Crippen molar-refractivity contribution < 1.29 is 38.1 Å². The molecule has 47 heavy (non-hydrogen) atoms. The van der Waals surface area contributed by atoms with Crippen LogP contribution in [0, 0.1) is 11.8 Å². The van der Waals surface area contributed by atoms with Crippen LogP contribution in [-0.4, -0.2) is 97.9 Å². The summed E-state index contributed by atoms with van der Waals surface area (Å²) in [6, 6.07) is 4.77. The smallest absolute Gasteiger partial charge is 0.328 e. The summed E-state index contributed by atoms with van der Waals surface area (Å²) in [5, 5.41) is 0.751. The van der Waals surface area contributed by atoms with Crippen LogP contribution in [0.1, 0.15) is 70.3 Å². The normalized spacial score (nSPS) is 26.7. The molecule has 6 rings (SSSR count). The Balaban J connectivity index is 1.41. The molecule has 0 N–H and O–H groups in total. The van der Waals surface area contributed by atoms with E-state index in [1.807, 2.05) is 36.1 Å². The molecule has 3 aliphatic heterocycles. The molecule has 0 unspecified atom stereocenters. The van der Waals surface area contributed by atoms with Crippen molar-refractivity contribution in [3.05, 3.63) is 29.8 Å². The first-order valence-corrected chi connectivity index (χ1v) is 17.1. The molecule has 2 saturated heterocycles. The number of aromatic nitrogens is 1. The van der Waals surface area contributed by atoms with Crippen LogP contribution >= 0.6 is 0 Å². The molecule has 1 aromatic carbocycles. The summed E-state index contributed by atoms with van der Waals surface area (Å²) in [5.41, 5.74) is 1.46.